The van der Waals surface area contributed by atoms with Gasteiger partial charge < -0.3 is 4.57 Å². The molecule has 0 fully saturated rings. The van der Waals surface area contributed by atoms with Crippen LogP contribution in [-0.2, 0) is 21.1 Å². The van der Waals surface area contributed by atoms with Gasteiger partial charge in [-0.05, 0) is 71.8 Å². The molecule has 0 aliphatic carbocycles. The van der Waals surface area contributed by atoms with Crippen LogP contribution in [-0.4, -0.2) is 18.7 Å². The van der Waals surface area contributed by atoms with E-state index in [9.17, 15) is 0 Å². The van der Waals surface area contributed by atoms with E-state index in [1.807, 2.05) is 12.3 Å². The van der Waals surface area contributed by atoms with Gasteiger partial charge in [-0.25, -0.2) is 9.55 Å². The van der Waals surface area contributed by atoms with Crippen LogP contribution in [0.25, 0.3) is 61.2 Å². The molecule has 0 spiro atoms. The summed E-state index contributed by atoms with van der Waals surface area (Å²) in [6, 6.07) is 56.5. The Labute approximate surface area is 309 Å². The molecule has 4 nitrogen and oxygen atoms in total. The third-order valence-electron chi connectivity index (χ3n) is 9.20. The van der Waals surface area contributed by atoms with Gasteiger partial charge in [0, 0.05) is 50.6 Å². The van der Waals surface area contributed by atoms with Crippen molar-refractivity contribution in [2.45, 2.75) is 23.6 Å². The van der Waals surface area contributed by atoms with Crippen molar-refractivity contribution in [3.05, 3.63) is 175 Å². The zero-order chi connectivity index (χ0) is 32.9. The maximum absolute atomic E-state index is 4.90. The van der Waals surface area contributed by atoms with E-state index < -0.39 is 0 Å². The minimum absolute atomic E-state index is 0. The summed E-state index contributed by atoms with van der Waals surface area (Å²) in [7, 11) is 0. The molecule has 0 aliphatic rings. The first-order valence-electron chi connectivity index (χ1n) is 16.4. The number of aromatic nitrogens is 4. The number of benzene rings is 6. The molecule has 0 amide bonds. The monoisotopic (exact) mass is 842 g/mol. The van der Waals surface area contributed by atoms with E-state index in [-0.39, 0.29) is 21.1 Å². The molecule has 0 bridgehead atoms. The number of imidazole rings is 1. The van der Waals surface area contributed by atoms with Crippen LogP contribution in [0.2, 0.25) is 0 Å². The predicted octanol–water partition coefficient (Wildman–Crippen LogP) is 11.2. The summed E-state index contributed by atoms with van der Waals surface area (Å²) in [5, 5.41) is 2.34. The molecule has 0 N–H and O–H groups in total. The van der Waals surface area contributed by atoms with Crippen molar-refractivity contribution in [2.24, 2.45) is 0 Å². The van der Waals surface area contributed by atoms with Crippen LogP contribution >= 0.6 is 11.8 Å². The van der Waals surface area contributed by atoms with Crippen molar-refractivity contribution in [3.8, 4) is 28.3 Å². The maximum atomic E-state index is 4.90. The van der Waals surface area contributed by atoms with Crippen LogP contribution in [0.3, 0.4) is 0 Å². The van der Waals surface area contributed by atoms with Gasteiger partial charge in [0.05, 0.1) is 0 Å². The van der Waals surface area contributed by atoms with E-state index in [0.717, 1.165) is 60.0 Å². The molecule has 0 unspecified atom stereocenters. The first-order valence-corrected chi connectivity index (χ1v) is 17.2. The number of fused-ring (bicyclic) bond motifs is 4. The second-order valence-corrected chi connectivity index (χ2v) is 13.4. The van der Waals surface area contributed by atoms with Gasteiger partial charge in [0.15, 0.2) is 17.4 Å². The van der Waals surface area contributed by atoms with E-state index in [1.165, 1.54) is 22.1 Å². The Bertz CT molecular complexity index is 2650. The smallest absolute Gasteiger partial charge is 0.168 e. The second-order valence-electron chi connectivity index (χ2n) is 12.3. The fourth-order valence-electron chi connectivity index (χ4n) is 6.99. The largest absolute Gasteiger partial charge is 0.319 e. The topological polar surface area (TPSA) is 27.7 Å². The summed E-state index contributed by atoms with van der Waals surface area (Å²) in [5.41, 5.74) is 11.4. The van der Waals surface area contributed by atoms with Crippen LogP contribution in [0.5, 0.6) is 0 Å². The summed E-state index contributed by atoms with van der Waals surface area (Å²) >= 11 is 1.67. The maximum Gasteiger partial charge on any atom is 0.168 e. The van der Waals surface area contributed by atoms with Crippen LogP contribution in [0.15, 0.2) is 162 Å². The van der Waals surface area contributed by atoms with Crippen molar-refractivity contribution in [2.75, 3.05) is 0 Å². The fourth-order valence-corrected chi connectivity index (χ4v) is 7.81. The van der Waals surface area contributed by atoms with Crippen LogP contribution in [0.1, 0.15) is 11.1 Å². The Hall–Kier alpha value is -5.22. The summed E-state index contributed by atoms with van der Waals surface area (Å²) < 4.78 is 6.69. The van der Waals surface area contributed by atoms with Gasteiger partial charge in [0.25, 0.3) is 0 Å². The van der Waals surface area contributed by atoms with Gasteiger partial charge in [-0.3, -0.25) is 0 Å². The summed E-state index contributed by atoms with van der Waals surface area (Å²) in [4.78, 5) is 6.94. The second kappa shape index (κ2) is 13.2. The molecular formula is C44H31N4PtS-. The molecule has 0 radical (unpaired) electrons. The molecule has 9 aromatic rings. The summed E-state index contributed by atoms with van der Waals surface area (Å²) in [5.74, 6) is 0.879. The molecule has 0 saturated carbocycles. The average Bonchev–Trinajstić information content (AvgIpc) is 3.68. The third kappa shape index (κ3) is 5.57. The molecule has 3 aromatic heterocycles. The Morgan fingerprint density at radius 1 is 0.600 bits per heavy atom. The number of hydrogen-bond donors (Lipinski definition) is 0. The Morgan fingerprint density at radius 2 is 1.28 bits per heavy atom. The standard InChI is InChI=1S/C44H31N4S.Pt/c1-30-12-10-13-31(2)44(30)32-24-25-45-43(26-32)48-39-19-7-6-18-37(39)38-23-22-36(28-42(38)48)49-35-17-11-16-34(27-35)47-29-46(33-14-4-3-5-15-33)40-20-8-9-21-41(40)47;/h3-26,29H,1-2H3;/q-1;. The first kappa shape index (κ1) is 32.0. The molecule has 6 aromatic carbocycles. The Morgan fingerprint density at radius 3 is 2.08 bits per heavy atom. The minimum Gasteiger partial charge on any atom is -0.319 e. The van der Waals surface area contributed by atoms with Crippen LogP contribution in [0.4, 0.5) is 0 Å². The molecule has 50 heavy (non-hydrogen) atoms. The number of hydrogen-bond acceptors (Lipinski definition) is 2. The van der Waals surface area contributed by atoms with Gasteiger partial charge in [0.2, 0.25) is 0 Å². The zero-order valence-electron chi connectivity index (χ0n) is 27.4. The SMILES string of the molecule is Cc1cccc(C)c1-c1ccnc(-n2c3[c-]c(Sc4[c-]c(-n5[cH+]n(-c6ccccc6)c6ccccc65)ccc4)ccc3c3ccccc32)c1.[Pt]. The molecule has 0 atom stereocenters. The van der Waals surface area contributed by atoms with Gasteiger partial charge in [0.1, 0.15) is 11.5 Å². The molecule has 244 valence electrons. The molecule has 9 rings (SSSR count). The number of rotatable bonds is 6. The van der Waals surface area contributed by atoms with E-state index in [0.29, 0.717) is 0 Å². The molecule has 0 saturated heterocycles. The zero-order valence-corrected chi connectivity index (χ0v) is 30.5. The van der Waals surface area contributed by atoms with Gasteiger partial charge in [-0.2, -0.15) is 28.8 Å². The van der Waals surface area contributed by atoms with Crippen molar-refractivity contribution in [1.29, 1.82) is 0 Å². The number of nitrogens with zero attached hydrogens (tertiary/aromatic N) is 4. The quantitative estimate of drug-likeness (QED) is 0.156. The third-order valence-corrected chi connectivity index (χ3v) is 10.1. The number of pyridine rings is 1. The van der Waals surface area contributed by atoms with Crippen LogP contribution < -0.4 is 0 Å². The van der Waals surface area contributed by atoms with E-state index in [4.69, 9.17) is 4.98 Å². The summed E-state index contributed by atoms with van der Waals surface area (Å²) in [6.45, 7) is 4.35. The number of aryl methyl sites for hydroxylation is 2. The Balaban J connectivity index is 0.00000361. The normalized spacial score (nSPS) is 11.3. The van der Waals surface area contributed by atoms with Crippen LogP contribution in [0, 0.1) is 26.0 Å². The van der Waals surface area contributed by atoms with Gasteiger partial charge in [-0.1, -0.05) is 77.1 Å². The molecule has 6 heteroatoms. The first-order chi connectivity index (χ1) is 24.1. The van der Waals surface area contributed by atoms with Gasteiger partial charge in [-0.15, -0.1) is 40.2 Å². The average molecular weight is 843 g/mol. The van der Waals surface area contributed by atoms with Crippen molar-refractivity contribution in [3.63, 3.8) is 0 Å². The Kier molecular flexibility index (Phi) is 8.48. The number of para-hydroxylation sites is 4. The van der Waals surface area contributed by atoms with Crippen molar-refractivity contribution < 1.29 is 21.1 Å². The van der Waals surface area contributed by atoms with Crippen molar-refractivity contribution in [1.82, 2.24) is 18.7 Å². The van der Waals surface area contributed by atoms with E-state index >= 15 is 0 Å². The van der Waals surface area contributed by atoms with Gasteiger partial charge >= 0.3 is 0 Å². The molecular weight excluding hydrogens is 812 g/mol. The summed E-state index contributed by atoms with van der Waals surface area (Å²) in [6.07, 6.45) is 4.07. The van der Waals surface area contributed by atoms with E-state index in [2.05, 4.69) is 179 Å². The van der Waals surface area contributed by atoms with Crippen molar-refractivity contribution >= 4 is 44.6 Å². The molecule has 0 aliphatic heterocycles. The predicted molar refractivity (Wildman–Crippen MR) is 202 cm³/mol. The molecule has 3 heterocycles. The van der Waals surface area contributed by atoms with E-state index in [1.54, 1.807) is 11.8 Å². The minimum atomic E-state index is 0. The fraction of sp³-hybridized carbons (Fsp3) is 0.0455.